The van der Waals surface area contributed by atoms with Crippen molar-refractivity contribution < 1.29 is 9.84 Å². The first-order valence-electron chi connectivity index (χ1n) is 10.2. The molecule has 2 unspecified atom stereocenters. The molecule has 0 saturated carbocycles. The minimum Gasteiger partial charge on any atom is -0.392 e. The minimum absolute atomic E-state index is 0.0661. The van der Waals surface area contributed by atoms with E-state index in [2.05, 4.69) is 56.1 Å². The van der Waals surface area contributed by atoms with Crippen molar-refractivity contribution in [2.75, 3.05) is 20.3 Å². The van der Waals surface area contributed by atoms with Crippen molar-refractivity contribution >= 4 is 22.2 Å². The maximum atomic E-state index is 9.89. The zero-order chi connectivity index (χ0) is 20.9. The van der Waals surface area contributed by atoms with Crippen LogP contribution in [0.1, 0.15) is 49.8 Å². The van der Waals surface area contributed by atoms with Gasteiger partial charge < -0.3 is 20.6 Å². The average Bonchev–Trinajstić information content (AvgIpc) is 2.73. The van der Waals surface area contributed by atoms with Crippen molar-refractivity contribution in [1.29, 1.82) is 5.41 Å². The number of fused-ring (bicyclic) bond motifs is 2. The van der Waals surface area contributed by atoms with Crippen molar-refractivity contribution in [3.63, 3.8) is 0 Å². The third kappa shape index (κ3) is 2.85. The Bertz CT molecular complexity index is 1050. The van der Waals surface area contributed by atoms with Gasteiger partial charge in [-0.2, -0.15) is 0 Å². The Kier molecular flexibility index (Phi) is 4.88. The third-order valence-corrected chi connectivity index (χ3v) is 6.74. The lowest BCUT2D eigenvalue weighted by Gasteiger charge is -2.45. The Balaban J connectivity index is 2.11. The predicted molar refractivity (Wildman–Crippen MR) is 120 cm³/mol. The van der Waals surface area contributed by atoms with Crippen LogP contribution in [0.4, 0.5) is 0 Å². The van der Waals surface area contributed by atoms with Crippen LogP contribution < -0.4 is 5.32 Å². The highest BCUT2D eigenvalue weighted by atomic mass is 16.5. The maximum Gasteiger partial charge on any atom is 0.0659 e. The Labute approximate surface area is 172 Å². The fraction of sp³-hybridized carbons (Fsp3) is 0.400. The molecule has 0 fully saturated rings. The molecule has 1 aliphatic carbocycles. The van der Waals surface area contributed by atoms with Gasteiger partial charge in [0, 0.05) is 42.0 Å². The van der Waals surface area contributed by atoms with Gasteiger partial charge in [-0.25, -0.2) is 0 Å². The maximum absolute atomic E-state index is 9.89. The van der Waals surface area contributed by atoms with Crippen LogP contribution in [0.25, 0.3) is 16.5 Å². The zero-order valence-corrected chi connectivity index (χ0v) is 17.7. The molecule has 152 valence electrons. The summed E-state index contributed by atoms with van der Waals surface area (Å²) in [5.74, 6) is 0.133. The van der Waals surface area contributed by atoms with Gasteiger partial charge >= 0.3 is 0 Å². The van der Waals surface area contributed by atoms with Gasteiger partial charge in [0.1, 0.15) is 0 Å². The number of hydrogen-bond acceptors (Lipinski definition) is 4. The standard InChI is InChI=1S/C25H30N2O2/c1-14(13-28)22-18(10-11-29-5)20-17-9-7-6-8-16(17)12-19-21(20)23(27-22)15(2)24(26)25(19,3)4/h6-9,12,18,22,26-28H,1,10-11,13H2,2-5H3. The third-order valence-electron chi connectivity index (χ3n) is 6.74. The molecule has 0 aromatic heterocycles. The quantitative estimate of drug-likeness (QED) is 0.658. The van der Waals surface area contributed by atoms with E-state index in [0.29, 0.717) is 12.3 Å². The molecule has 2 aliphatic rings. The number of ether oxygens (including phenoxy) is 1. The lowest BCUT2D eigenvalue weighted by atomic mass is 9.64. The number of allylic oxidation sites excluding steroid dienone is 1. The van der Waals surface area contributed by atoms with Crippen LogP contribution in [0.3, 0.4) is 0 Å². The number of hydrogen-bond donors (Lipinski definition) is 3. The molecule has 3 N–H and O–H groups in total. The average molecular weight is 391 g/mol. The summed E-state index contributed by atoms with van der Waals surface area (Å²) in [5, 5.41) is 24.8. The van der Waals surface area contributed by atoms with Crippen molar-refractivity contribution in [1.82, 2.24) is 5.32 Å². The van der Waals surface area contributed by atoms with E-state index in [1.54, 1.807) is 7.11 Å². The topological polar surface area (TPSA) is 65.3 Å². The van der Waals surface area contributed by atoms with Crippen molar-refractivity contribution in [2.24, 2.45) is 0 Å². The molecule has 2 aromatic rings. The van der Waals surface area contributed by atoms with Crippen LogP contribution in [0.5, 0.6) is 0 Å². The van der Waals surface area contributed by atoms with Gasteiger partial charge in [-0.1, -0.05) is 44.7 Å². The number of nitrogens with one attached hydrogen (secondary N) is 2. The lowest BCUT2D eigenvalue weighted by molar-refractivity contribution is 0.182. The van der Waals surface area contributed by atoms with Gasteiger partial charge in [0.25, 0.3) is 0 Å². The summed E-state index contributed by atoms with van der Waals surface area (Å²) in [6, 6.07) is 10.7. The second-order valence-corrected chi connectivity index (χ2v) is 8.76. The molecule has 29 heavy (non-hydrogen) atoms. The summed E-state index contributed by atoms with van der Waals surface area (Å²) in [6.07, 6.45) is 0.831. The molecular formula is C25H30N2O2. The summed E-state index contributed by atoms with van der Waals surface area (Å²) in [7, 11) is 1.73. The molecular weight excluding hydrogens is 360 g/mol. The van der Waals surface area contributed by atoms with E-state index in [1.165, 1.54) is 27.5 Å². The molecule has 4 rings (SSSR count). The SMILES string of the molecule is C=C(CO)C1NC2=C(C)C(=N)C(C)(C)c3cc4ccccc4c(c32)C1CCOC. The number of rotatable bonds is 5. The summed E-state index contributed by atoms with van der Waals surface area (Å²) in [4.78, 5) is 0. The molecule has 2 atom stereocenters. The van der Waals surface area contributed by atoms with Crippen LogP contribution in [0, 0.1) is 5.41 Å². The predicted octanol–water partition coefficient (Wildman–Crippen LogP) is 4.52. The molecule has 2 aromatic carbocycles. The zero-order valence-electron chi connectivity index (χ0n) is 17.7. The Morgan fingerprint density at radius 3 is 2.72 bits per heavy atom. The van der Waals surface area contributed by atoms with E-state index in [0.717, 1.165) is 23.3 Å². The summed E-state index contributed by atoms with van der Waals surface area (Å²) in [6.45, 7) is 11.0. The first kappa shape index (κ1) is 19.9. The van der Waals surface area contributed by atoms with E-state index in [4.69, 9.17) is 10.1 Å². The molecule has 0 spiro atoms. The van der Waals surface area contributed by atoms with Gasteiger partial charge in [0.15, 0.2) is 0 Å². The van der Waals surface area contributed by atoms with Crippen molar-refractivity contribution in [2.45, 2.75) is 44.6 Å². The van der Waals surface area contributed by atoms with Crippen LogP contribution in [-0.2, 0) is 10.2 Å². The molecule has 4 heteroatoms. The van der Waals surface area contributed by atoms with Gasteiger partial charge in [0.05, 0.1) is 12.6 Å². The van der Waals surface area contributed by atoms with E-state index in [9.17, 15) is 5.11 Å². The van der Waals surface area contributed by atoms with Crippen molar-refractivity contribution in [3.05, 3.63) is 64.7 Å². The number of benzene rings is 2. The van der Waals surface area contributed by atoms with E-state index >= 15 is 0 Å². The molecule has 0 amide bonds. The fourth-order valence-electron chi connectivity index (χ4n) is 5.08. The monoisotopic (exact) mass is 390 g/mol. The van der Waals surface area contributed by atoms with Crippen LogP contribution in [0.15, 0.2) is 48.1 Å². The smallest absolute Gasteiger partial charge is 0.0659 e. The minimum atomic E-state index is -0.365. The Morgan fingerprint density at radius 1 is 1.31 bits per heavy atom. The summed E-state index contributed by atoms with van der Waals surface area (Å²) < 4.78 is 5.44. The Morgan fingerprint density at radius 2 is 2.03 bits per heavy atom. The second kappa shape index (κ2) is 7.12. The van der Waals surface area contributed by atoms with E-state index in [-0.39, 0.29) is 24.0 Å². The molecule has 4 nitrogen and oxygen atoms in total. The largest absolute Gasteiger partial charge is 0.392 e. The van der Waals surface area contributed by atoms with Crippen LogP contribution in [0.2, 0.25) is 0 Å². The molecule has 1 aliphatic heterocycles. The van der Waals surface area contributed by atoms with Gasteiger partial charge in [-0.3, -0.25) is 0 Å². The highest BCUT2D eigenvalue weighted by molar-refractivity contribution is 6.15. The van der Waals surface area contributed by atoms with Gasteiger partial charge in [0.2, 0.25) is 0 Å². The first-order chi connectivity index (χ1) is 13.8. The molecule has 1 heterocycles. The van der Waals surface area contributed by atoms with Gasteiger partial charge in [-0.05, 0) is 52.5 Å². The first-order valence-corrected chi connectivity index (χ1v) is 10.2. The summed E-state index contributed by atoms with van der Waals surface area (Å²) in [5.41, 5.74) is 6.74. The molecule has 0 bridgehead atoms. The lowest BCUT2D eigenvalue weighted by Crippen LogP contribution is -2.46. The highest BCUT2D eigenvalue weighted by Gasteiger charge is 2.43. The fourth-order valence-corrected chi connectivity index (χ4v) is 5.08. The van der Waals surface area contributed by atoms with E-state index < -0.39 is 0 Å². The molecule has 0 radical (unpaired) electrons. The molecule has 0 saturated heterocycles. The number of aliphatic hydroxyl groups excluding tert-OH is 1. The number of methoxy groups -OCH3 is 1. The Hall–Kier alpha value is -2.43. The highest BCUT2D eigenvalue weighted by Crippen LogP contribution is 2.50. The van der Waals surface area contributed by atoms with E-state index in [1.807, 2.05) is 6.92 Å². The van der Waals surface area contributed by atoms with Gasteiger partial charge in [-0.15, -0.1) is 0 Å². The second-order valence-electron chi connectivity index (χ2n) is 8.76. The summed E-state index contributed by atoms with van der Waals surface area (Å²) >= 11 is 0. The number of aliphatic hydroxyl groups is 1. The van der Waals surface area contributed by atoms with Crippen LogP contribution >= 0.6 is 0 Å². The van der Waals surface area contributed by atoms with Crippen LogP contribution in [-0.4, -0.2) is 37.2 Å². The van der Waals surface area contributed by atoms with Crippen molar-refractivity contribution in [3.8, 4) is 0 Å². The normalized spacial score (nSPS) is 22.4.